The van der Waals surface area contributed by atoms with Crippen LogP contribution < -0.4 is 15.5 Å². The summed E-state index contributed by atoms with van der Waals surface area (Å²) in [6, 6.07) is 3.67. The number of amides is 2. The summed E-state index contributed by atoms with van der Waals surface area (Å²) in [5, 5.41) is 5.52. The summed E-state index contributed by atoms with van der Waals surface area (Å²) in [5.41, 5.74) is 0.674. The zero-order chi connectivity index (χ0) is 13.8. The number of rotatable bonds is 3. The van der Waals surface area contributed by atoms with E-state index in [4.69, 9.17) is 0 Å². The standard InChI is InChI=1S/C13H18N4O2/c1-17(2)11-5-4-10(8-14-11)16-13(19)9-3-6-12(18)15-7-9/h4-5,8-9H,3,6-7H2,1-2H3,(H,15,18)(H,16,19). The molecule has 6 nitrogen and oxygen atoms in total. The Morgan fingerprint density at radius 3 is 2.79 bits per heavy atom. The molecular formula is C13H18N4O2. The van der Waals surface area contributed by atoms with Gasteiger partial charge in [0, 0.05) is 27.1 Å². The third-order valence-corrected chi connectivity index (χ3v) is 3.11. The number of carbonyl (C=O) groups is 2. The number of pyridine rings is 1. The van der Waals surface area contributed by atoms with Gasteiger partial charge in [0.2, 0.25) is 11.8 Å². The predicted molar refractivity (Wildman–Crippen MR) is 72.9 cm³/mol. The highest BCUT2D eigenvalue weighted by Gasteiger charge is 2.24. The molecule has 2 N–H and O–H groups in total. The molecule has 1 aliphatic rings. The van der Waals surface area contributed by atoms with Crippen LogP contribution in [0.3, 0.4) is 0 Å². The minimum absolute atomic E-state index is 0.0149. The maximum absolute atomic E-state index is 12.0. The molecule has 2 rings (SSSR count). The first-order chi connectivity index (χ1) is 9.06. The fourth-order valence-electron chi connectivity index (χ4n) is 1.93. The number of hydrogen-bond acceptors (Lipinski definition) is 4. The fraction of sp³-hybridized carbons (Fsp3) is 0.462. The topological polar surface area (TPSA) is 74.3 Å². The van der Waals surface area contributed by atoms with Gasteiger partial charge >= 0.3 is 0 Å². The van der Waals surface area contributed by atoms with Crippen molar-refractivity contribution in [2.24, 2.45) is 5.92 Å². The molecule has 1 fully saturated rings. The molecular weight excluding hydrogens is 244 g/mol. The average Bonchev–Trinajstić information content (AvgIpc) is 2.40. The largest absolute Gasteiger partial charge is 0.363 e. The van der Waals surface area contributed by atoms with E-state index in [1.165, 1.54) is 0 Å². The van der Waals surface area contributed by atoms with Gasteiger partial charge in [0.15, 0.2) is 0 Å². The molecule has 1 unspecified atom stereocenters. The molecule has 0 bridgehead atoms. The summed E-state index contributed by atoms with van der Waals surface area (Å²) in [6.45, 7) is 0.411. The number of hydrogen-bond donors (Lipinski definition) is 2. The molecule has 0 aromatic carbocycles. The van der Waals surface area contributed by atoms with Crippen LogP contribution in [0.15, 0.2) is 18.3 Å². The maximum Gasteiger partial charge on any atom is 0.229 e. The zero-order valence-corrected chi connectivity index (χ0v) is 11.1. The van der Waals surface area contributed by atoms with E-state index in [1.807, 2.05) is 31.1 Å². The number of anilines is 2. The van der Waals surface area contributed by atoms with E-state index in [9.17, 15) is 9.59 Å². The van der Waals surface area contributed by atoms with Crippen LogP contribution in [-0.4, -0.2) is 37.4 Å². The molecule has 1 aromatic heterocycles. The van der Waals surface area contributed by atoms with Crippen molar-refractivity contribution in [2.75, 3.05) is 30.9 Å². The Hall–Kier alpha value is -2.11. The van der Waals surface area contributed by atoms with Crippen LogP contribution >= 0.6 is 0 Å². The van der Waals surface area contributed by atoms with E-state index in [2.05, 4.69) is 15.6 Å². The molecule has 2 heterocycles. The first-order valence-electron chi connectivity index (χ1n) is 6.27. The van der Waals surface area contributed by atoms with Crippen LogP contribution in [-0.2, 0) is 9.59 Å². The molecule has 6 heteroatoms. The van der Waals surface area contributed by atoms with E-state index in [-0.39, 0.29) is 17.7 Å². The third-order valence-electron chi connectivity index (χ3n) is 3.11. The Morgan fingerprint density at radius 1 is 1.47 bits per heavy atom. The van der Waals surface area contributed by atoms with Gasteiger partial charge in [-0.15, -0.1) is 0 Å². The first kappa shape index (κ1) is 13.3. The summed E-state index contributed by atoms with van der Waals surface area (Å²) in [5.74, 6) is 0.620. The summed E-state index contributed by atoms with van der Waals surface area (Å²) < 4.78 is 0. The van der Waals surface area contributed by atoms with E-state index in [0.29, 0.717) is 25.1 Å². The Morgan fingerprint density at radius 2 is 2.26 bits per heavy atom. The van der Waals surface area contributed by atoms with Gasteiger partial charge in [0.05, 0.1) is 17.8 Å². The van der Waals surface area contributed by atoms with Crippen molar-refractivity contribution >= 4 is 23.3 Å². The first-order valence-corrected chi connectivity index (χ1v) is 6.27. The van der Waals surface area contributed by atoms with Crippen LogP contribution in [0.5, 0.6) is 0 Å². The van der Waals surface area contributed by atoms with Gasteiger partial charge in [-0.05, 0) is 18.6 Å². The van der Waals surface area contributed by atoms with Gasteiger partial charge in [-0.25, -0.2) is 4.98 Å². The monoisotopic (exact) mass is 262 g/mol. The highest BCUT2D eigenvalue weighted by Crippen LogP contribution is 2.16. The summed E-state index contributed by atoms with van der Waals surface area (Å²) in [6.07, 6.45) is 2.64. The van der Waals surface area contributed by atoms with Gasteiger partial charge in [0.25, 0.3) is 0 Å². The minimum atomic E-state index is -0.161. The van der Waals surface area contributed by atoms with Gasteiger partial charge in [-0.2, -0.15) is 0 Å². The molecule has 0 radical (unpaired) electrons. The number of piperidine rings is 1. The summed E-state index contributed by atoms with van der Waals surface area (Å²) in [7, 11) is 3.82. The van der Waals surface area contributed by atoms with Gasteiger partial charge in [0.1, 0.15) is 5.82 Å². The molecule has 1 aliphatic heterocycles. The Balaban J connectivity index is 1.93. The lowest BCUT2D eigenvalue weighted by atomic mass is 9.98. The number of carbonyl (C=O) groups excluding carboxylic acids is 2. The van der Waals surface area contributed by atoms with E-state index < -0.39 is 0 Å². The van der Waals surface area contributed by atoms with Crippen molar-refractivity contribution < 1.29 is 9.59 Å². The van der Waals surface area contributed by atoms with Gasteiger partial charge < -0.3 is 15.5 Å². The van der Waals surface area contributed by atoms with E-state index >= 15 is 0 Å². The Bertz CT molecular complexity index is 460. The predicted octanol–water partition coefficient (Wildman–Crippen LogP) is 0.612. The van der Waals surface area contributed by atoms with Gasteiger partial charge in [-0.3, -0.25) is 9.59 Å². The third kappa shape index (κ3) is 3.43. The molecule has 0 saturated carbocycles. The fourth-order valence-corrected chi connectivity index (χ4v) is 1.93. The zero-order valence-electron chi connectivity index (χ0n) is 11.1. The van der Waals surface area contributed by atoms with Crippen LogP contribution in [0.1, 0.15) is 12.8 Å². The van der Waals surface area contributed by atoms with Crippen molar-refractivity contribution in [1.82, 2.24) is 10.3 Å². The van der Waals surface area contributed by atoms with Crippen molar-refractivity contribution in [3.8, 4) is 0 Å². The molecule has 1 saturated heterocycles. The average molecular weight is 262 g/mol. The second kappa shape index (κ2) is 5.69. The second-order valence-electron chi connectivity index (χ2n) is 4.83. The normalized spacial score (nSPS) is 18.6. The number of aromatic nitrogens is 1. The van der Waals surface area contributed by atoms with Crippen LogP contribution in [0.25, 0.3) is 0 Å². The number of nitrogens with one attached hydrogen (secondary N) is 2. The molecule has 1 aromatic rings. The van der Waals surface area contributed by atoms with Crippen molar-refractivity contribution in [3.63, 3.8) is 0 Å². The van der Waals surface area contributed by atoms with Crippen LogP contribution in [0.4, 0.5) is 11.5 Å². The minimum Gasteiger partial charge on any atom is -0.363 e. The Kier molecular flexibility index (Phi) is 3.99. The van der Waals surface area contributed by atoms with Crippen LogP contribution in [0, 0.1) is 5.92 Å². The lowest BCUT2D eigenvalue weighted by Crippen LogP contribution is -2.40. The lowest BCUT2D eigenvalue weighted by molar-refractivity contribution is -0.126. The van der Waals surface area contributed by atoms with Gasteiger partial charge in [-0.1, -0.05) is 0 Å². The lowest BCUT2D eigenvalue weighted by Gasteiger charge is -2.21. The molecule has 0 aliphatic carbocycles. The summed E-state index contributed by atoms with van der Waals surface area (Å²) in [4.78, 5) is 29.1. The van der Waals surface area contributed by atoms with Crippen LogP contribution in [0.2, 0.25) is 0 Å². The molecule has 102 valence electrons. The smallest absolute Gasteiger partial charge is 0.229 e. The number of nitrogens with zero attached hydrogens (tertiary/aromatic N) is 2. The second-order valence-corrected chi connectivity index (χ2v) is 4.83. The SMILES string of the molecule is CN(C)c1ccc(NC(=O)C2CCC(=O)NC2)cn1. The van der Waals surface area contributed by atoms with E-state index in [1.54, 1.807) is 6.20 Å². The van der Waals surface area contributed by atoms with E-state index in [0.717, 1.165) is 5.82 Å². The maximum atomic E-state index is 12.0. The van der Waals surface area contributed by atoms with Crippen molar-refractivity contribution in [2.45, 2.75) is 12.8 Å². The quantitative estimate of drug-likeness (QED) is 0.837. The molecule has 1 atom stereocenters. The highest BCUT2D eigenvalue weighted by atomic mass is 16.2. The van der Waals surface area contributed by atoms with Crippen molar-refractivity contribution in [1.29, 1.82) is 0 Å². The van der Waals surface area contributed by atoms with Crippen molar-refractivity contribution in [3.05, 3.63) is 18.3 Å². The summed E-state index contributed by atoms with van der Waals surface area (Å²) >= 11 is 0. The highest BCUT2D eigenvalue weighted by molar-refractivity contribution is 5.94. The molecule has 19 heavy (non-hydrogen) atoms. The molecule has 2 amide bonds. The molecule has 0 spiro atoms. The Labute approximate surface area is 112 Å².